The van der Waals surface area contributed by atoms with Crippen LogP contribution >= 0.6 is 0 Å². The maximum absolute atomic E-state index is 12.3. The Kier molecular flexibility index (Phi) is 2.85. The molecule has 0 aromatic heterocycles. The zero-order chi connectivity index (χ0) is 10.9. The zero-order valence-corrected chi connectivity index (χ0v) is 9.13. The van der Waals surface area contributed by atoms with Gasteiger partial charge in [0, 0.05) is 0 Å². The second-order valence-corrected chi connectivity index (χ2v) is 3.93. The number of halogens is 3. The number of hydrogen-bond acceptors (Lipinski definition) is 2. The molecule has 1 aromatic carbocycles. The summed E-state index contributed by atoms with van der Waals surface area (Å²) in [4.78, 5) is 9.26. The van der Waals surface area contributed by atoms with Gasteiger partial charge in [-0.25, -0.2) is 0 Å². The normalized spacial score (nSPS) is 11.4. The van der Waals surface area contributed by atoms with Crippen molar-refractivity contribution in [2.24, 2.45) is 0 Å². The first-order valence-electron chi connectivity index (χ1n) is 3.43. The zero-order valence-electron chi connectivity index (χ0n) is 6.71. The quantitative estimate of drug-likeness (QED) is 0.430. The van der Waals surface area contributed by atoms with Crippen molar-refractivity contribution < 1.29 is 18.1 Å². The van der Waals surface area contributed by atoms with Gasteiger partial charge in [0.15, 0.2) is 0 Å². The Morgan fingerprint density at radius 2 is 1.93 bits per heavy atom. The van der Waals surface area contributed by atoms with E-state index < -0.39 is 22.4 Å². The van der Waals surface area contributed by atoms with Gasteiger partial charge < -0.3 is 0 Å². The van der Waals surface area contributed by atoms with Gasteiger partial charge in [-0.2, -0.15) is 0 Å². The van der Waals surface area contributed by atoms with Gasteiger partial charge in [0.1, 0.15) is 0 Å². The standard InChI is InChI=1S/C7H5AsF3NO2/c8-4-1-2-6(12(13)14)5(3-4)7(9,10)11/h1-3H,8H2. The first-order chi connectivity index (χ1) is 6.32. The van der Waals surface area contributed by atoms with Crippen LogP contribution in [0, 0.1) is 10.1 Å². The summed E-state index contributed by atoms with van der Waals surface area (Å²) in [5.74, 6) is 0. The average molecular weight is 267 g/mol. The molecule has 1 aromatic rings. The molecule has 0 fully saturated rings. The Morgan fingerprint density at radius 1 is 1.36 bits per heavy atom. The van der Waals surface area contributed by atoms with E-state index in [-0.39, 0.29) is 0 Å². The van der Waals surface area contributed by atoms with Crippen LogP contribution in [0.4, 0.5) is 18.9 Å². The summed E-state index contributed by atoms with van der Waals surface area (Å²) in [5.41, 5.74) is -2.09. The molecule has 3 nitrogen and oxygen atoms in total. The van der Waals surface area contributed by atoms with Crippen molar-refractivity contribution in [3.05, 3.63) is 33.9 Å². The number of benzene rings is 1. The number of nitrogens with zero attached hydrogens (tertiary/aromatic N) is 1. The molecule has 1 atom stereocenters. The van der Waals surface area contributed by atoms with Crippen molar-refractivity contribution in [2.45, 2.75) is 6.18 Å². The fraction of sp³-hybridized carbons (Fsp3) is 0.143. The van der Waals surface area contributed by atoms with Crippen LogP contribution in [0.3, 0.4) is 0 Å². The molecular formula is C7H5AsF3NO2. The van der Waals surface area contributed by atoms with Crippen LogP contribution in [0.25, 0.3) is 0 Å². The van der Waals surface area contributed by atoms with Gasteiger partial charge in [-0.05, 0) is 0 Å². The van der Waals surface area contributed by atoms with Crippen molar-refractivity contribution in [3.8, 4) is 0 Å². The van der Waals surface area contributed by atoms with Crippen molar-refractivity contribution in [2.75, 3.05) is 0 Å². The van der Waals surface area contributed by atoms with E-state index in [0.29, 0.717) is 4.35 Å². The van der Waals surface area contributed by atoms with Crippen molar-refractivity contribution >= 4 is 26.9 Å². The second-order valence-electron chi connectivity index (χ2n) is 2.53. The third-order valence-electron chi connectivity index (χ3n) is 1.52. The molecule has 0 saturated carbocycles. The Morgan fingerprint density at radius 3 is 2.36 bits per heavy atom. The molecule has 0 spiro atoms. The van der Waals surface area contributed by atoms with Gasteiger partial charge in [0.2, 0.25) is 0 Å². The van der Waals surface area contributed by atoms with Gasteiger partial charge in [-0.15, -0.1) is 0 Å². The molecule has 1 unspecified atom stereocenters. The van der Waals surface area contributed by atoms with Crippen LogP contribution in [0.2, 0.25) is 0 Å². The van der Waals surface area contributed by atoms with Gasteiger partial charge in [-0.1, -0.05) is 0 Å². The van der Waals surface area contributed by atoms with E-state index in [4.69, 9.17) is 0 Å². The molecule has 76 valence electrons. The summed E-state index contributed by atoms with van der Waals surface area (Å²) >= 11 is 0.986. The number of nitro groups is 1. The van der Waals surface area contributed by atoms with Crippen LogP contribution in [0.1, 0.15) is 5.56 Å². The van der Waals surface area contributed by atoms with Crippen LogP contribution in [0.15, 0.2) is 18.2 Å². The van der Waals surface area contributed by atoms with Crippen molar-refractivity contribution in [3.63, 3.8) is 0 Å². The average Bonchev–Trinajstić information content (AvgIpc) is 2.01. The van der Waals surface area contributed by atoms with Gasteiger partial charge in [0.05, 0.1) is 0 Å². The summed E-state index contributed by atoms with van der Waals surface area (Å²) in [6.45, 7) is 0. The summed E-state index contributed by atoms with van der Waals surface area (Å²) < 4.78 is 37.3. The topological polar surface area (TPSA) is 43.1 Å². The number of nitro benzene ring substituents is 1. The van der Waals surface area contributed by atoms with E-state index in [2.05, 4.69) is 0 Å². The second kappa shape index (κ2) is 3.61. The molecule has 0 aliphatic carbocycles. The first kappa shape index (κ1) is 11.0. The number of hydrogen-bond donors (Lipinski definition) is 0. The predicted molar refractivity (Wildman–Crippen MR) is 46.3 cm³/mol. The molecule has 0 amide bonds. The van der Waals surface area contributed by atoms with E-state index in [1.165, 1.54) is 6.07 Å². The summed E-state index contributed by atoms with van der Waals surface area (Å²) in [6.07, 6.45) is -4.68. The Hall–Kier alpha value is -1.03. The third kappa shape index (κ3) is 2.26. The van der Waals surface area contributed by atoms with Crippen LogP contribution in [-0.4, -0.2) is 21.8 Å². The van der Waals surface area contributed by atoms with E-state index in [9.17, 15) is 23.3 Å². The molecule has 0 aliphatic rings. The van der Waals surface area contributed by atoms with Crippen LogP contribution in [0.5, 0.6) is 0 Å². The van der Waals surface area contributed by atoms with Gasteiger partial charge >= 0.3 is 85.0 Å². The van der Waals surface area contributed by atoms with Crippen molar-refractivity contribution in [1.82, 2.24) is 0 Å². The SMILES string of the molecule is O=[N+]([O-])c1ccc([AsH2])cc1C(F)(F)F. The maximum atomic E-state index is 12.3. The number of rotatable bonds is 1. The molecule has 0 bridgehead atoms. The summed E-state index contributed by atoms with van der Waals surface area (Å²) in [6, 6.07) is 2.96. The van der Waals surface area contributed by atoms with Gasteiger partial charge in [-0.3, -0.25) is 0 Å². The van der Waals surface area contributed by atoms with Crippen LogP contribution in [-0.2, 0) is 6.18 Å². The minimum absolute atomic E-state index is 0.399. The van der Waals surface area contributed by atoms with E-state index >= 15 is 0 Å². The third-order valence-corrected chi connectivity index (χ3v) is 2.28. The summed E-state index contributed by atoms with van der Waals surface area (Å²) in [5, 5.41) is 10.3. The molecule has 0 aliphatic heterocycles. The molecule has 0 N–H and O–H groups in total. The van der Waals surface area contributed by atoms with E-state index in [0.717, 1.165) is 29.0 Å². The molecule has 0 heterocycles. The fourth-order valence-electron chi connectivity index (χ4n) is 0.940. The first-order valence-corrected chi connectivity index (χ1v) is 4.64. The molecular weight excluding hydrogens is 262 g/mol. The molecule has 14 heavy (non-hydrogen) atoms. The van der Waals surface area contributed by atoms with Crippen LogP contribution < -0.4 is 4.35 Å². The van der Waals surface area contributed by atoms with Crippen molar-refractivity contribution in [1.29, 1.82) is 0 Å². The monoisotopic (exact) mass is 267 g/mol. The predicted octanol–water partition coefficient (Wildman–Crippen LogP) is 0.872. The Labute approximate surface area is 85.6 Å². The fourth-order valence-corrected chi connectivity index (χ4v) is 1.49. The minimum atomic E-state index is -4.68. The summed E-state index contributed by atoms with van der Waals surface area (Å²) in [7, 11) is 0. The molecule has 0 saturated heterocycles. The van der Waals surface area contributed by atoms with E-state index in [1.54, 1.807) is 0 Å². The van der Waals surface area contributed by atoms with Gasteiger partial charge in [0.25, 0.3) is 0 Å². The Balaban J connectivity index is 3.38. The molecule has 1 rings (SSSR count). The van der Waals surface area contributed by atoms with E-state index in [1.807, 2.05) is 0 Å². The Bertz CT molecular complexity index is 378. The molecule has 7 heteroatoms. The number of alkyl halides is 3. The molecule has 0 radical (unpaired) electrons.